The molecule has 1 atom stereocenters. The summed E-state index contributed by atoms with van der Waals surface area (Å²) in [5.41, 5.74) is 2.87. The number of hydrogen-bond acceptors (Lipinski definition) is 4. The fourth-order valence-electron chi connectivity index (χ4n) is 2.05. The van der Waals surface area contributed by atoms with E-state index in [-0.39, 0.29) is 6.04 Å². The van der Waals surface area contributed by atoms with Crippen LogP contribution in [0.4, 0.5) is 0 Å². The highest BCUT2D eigenvalue weighted by Crippen LogP contribution is 2.31. The summed E-state index contributed by atoms with van der Waals surface area (Å²) in [6.07, 6.45) is 2.45. The van der Waals surface area contributed by atoms with Crippen LogP contribution in [0.1, 0.15) is 16.7 Å². The second kappa shape index (κ2) is 4.94. The van der Waals surface area contributed by atoms with E-state index >= 15 is 0 Å². The molecule has 4 heteroatoms. The maximum absolute atomic E-state index is 5.66. The van der Waals surface area contributed by atoms with E-state index in [2.05, 4.69) is 35.8 Å². The molecule has 0 saturated heterocycles. The van der Waals surface area contributed by atoms with Crippen molar-refractivity contribution in [3.63, 3.8) is 0 Å². The highest BCUT2D eigenvalue weighted by Gasteiger charge is 2.14. The van der Waals surface area contributed by atoms with Crippen molar-refractivity contribution in [3.8, 4) is 0 Å². The highest BCUT2D eigenvalue weighted by molar-refractivity contribution is 7.19. The molecule has 2 aromatic heterocycles. The van der Waals surface area contributed by atoms with Crippen molar-refractivity contribution in [1.82, 2.24) is 5.43 Å². The van der Waals surface area contributed by atoms with E-state index in [0.717, 1.165) is 12.2 Å². The number of hydrazine groups is 1. The highest BCUT2D eigenvalue weighted by atomic mass is 32.1. The van der Waals surface area contributed by atoms with Crippen molar-refractivity contribution in [2.45, 2.75) is 12.5 Å². The third kappa shape index (κ3) is 2.18. The number of benzene rings is 1. The lowest BCUT2D eigenvalue weighted by Gasteiger charge is -2.11. The van der Waals surface area contributed by atoms with E-state index in [1.54, 1.807) is 17.6 Å². The molecule has 0 fully saturated rings. The average Bonchev–Trinajstić information content (AvgIpc) is 3.04. The maximum Gasteiger partial charge on any atom is 0.105 e. The van der Waals surface area contributed by atoms with Crippen LogP contribution in [0.3, 0.4) is 0 Å². The van der Waals surface area contributed by atoms with Crippen LogP contribution in [-0.2, 0) is 6.42 Å². The summed E-state index contributed by atoms with van der Waals surface area (Å²) in [5.74, 6) is 6.60. The Hall–Kier alpha value is -1.62. The molecular weight excluding hydrogens is 244 g/mol. The minimum atomic E-state index is 0.0912. The normalized spacial score (nSPS) is 12.9. The Bertz CT molecular complexity index is 597. The summed E-state index contributed by atoms with van der Waals surface area (Å²) in [6, 6.07) is 14.5. The zero-order valence-electron chi connectivity index (χ0n) is 9.80. The fraction of sp³-hybridized carbons (Fsp3) is 0.143. The topological polar surface area (TPSA) is 51.2 Å². The molecule has 3 aromatic rings. The Balaban J connectivity index is 1.90. The fourth-order valence-corrected chi connectivity index (χ4v) is 3.17. The first kappa shape index (κ1) is 11.5. The molecular formula is C14H14N2OS. The standard InChI is InChI=1S/C14H14N2OS/c15-16-12(9-11-5-3-7-17-11)14-8-10-4-1-2-6-13(10)18-14/h1-8,12,16H,9,15H2. The van der Waals surface area contributed by atoms with Gasteiger partial charge >= 0.3 is 0 Å². The Labute approximate surface area is 109 Å². The smallest absolute Gasteiger partial charge is 0.105 e. The molecule has 0 radical (unpaired) electrons. The van der Waals surface area contributed by atoms with E-state index in [4.69, 9.17) is 10.3 Å². The molecule has 0 spiro atoms. The van der Waals surface area contributed by atoms with Crippen LogP contribution >= 0.6 is 11.3 Å². The van der Waals surface area contributed by atoms with Crippen LogP contribution in [0.5, 0.6) is 0 Å². The van der Waals surface area contributed by atoms with Gasteiger partial charge in [-0.25, -0.2) is 0 Å². The maximum atomic E-state index is 5.66. The third-order valence-electron chi connectivity index (χ3n) is 2.97. The Kier molecular flexibility index (Phi) is 3.15. The second-order valence-corrected chi connectivity index (χ2v) is 5.30. The number of fused-ring (bicyclic) bond motifs is 1. The van der Waals surface area contributed by atoms with Gasteiger partial charge in [0.25, 0.3) is 0 Å². The van der Waals surface area contributed by atoms with Gasteiger partial charge in [0.15, 0.2) is 0 Å². The van der Waals surface area contributed by atoms with Gasteiger partial charge in [0, 0.05) is 16.0 Å². The van der Waals surface area contributed by atoms with Gasteiger partial charge in [-0.15, -0.1) is 11.3 Å². The summed E-state index contributed by atoms with van der Waals surface area (Å²) >= 11 is 1.77. The monoisotopic (exact) mass is 258 g/mol. The van der Waals surface area contributed by atoms with Crippen molar-refractivity contribution in [2.75, 3.05) is 0 Å². The van der Waals surface area contributed by atoms with Gasteiger partial charge < -0.3 is 4.42 Å². The third-order valence-corrected chi connectivity index (χ3v) is 4.20. The van der Waals surface area contributed by atoms with E-state index in [9.17, 15) is 0 Å². The van der Waals surface area contributed by atoms with Crippen molar-refractivity contribution < 1.29 is 4.42 Å². The molecule has 2 heterocycles. The molecule has 18 heavy (non-hydrogen) atoms. The Morgan fingerprint density at radius 3 is 2.83 bits per heavy atom. The zero-order chi connectivity index (χ0) is 12.4. The van der Waals surface area contributed by atoms with Gasteiger partial charge in [-0.1, -0.05) is 18.2 Å². The number of rotatable bonds is 4. The molecule has 0 aliphatic heterocycles. The molecule has 0 bridgehead atoms. The lowest BCUT2D eigenvalue weighted by Crippen LogP contribution is -2.28. The minimum Gasteiger partial charge on any atom is -0.469 e. The van der Waals surface area contributed by atoms with E-state index in [1.807, 2.05) is 12.1 Å². The number of thiophene rings is 1. The zero-order valence-corrected chi connectivity index (χ0v) is 10.6. The first-order chi connectivity index (χ1) is 8.86. The lowest BCUT2D eigenvalue weighted by molar-refractivity contribution is 0.458. The average molecular weight is 258 g/mol. The predicted octanol–water partition coefficient (Wildman–Crippen LogP) is 3.24. The summed E-state index contributed by atoms with van der Waals surface area (Å²) in [5, 5.41) is 1.26. The van der Waals surface area contributed by atoms with Gasteiger partial charge in [-0.2, -0.15) is 0 Å². The number of furan rings is 1. The molecule has 0 saturated carbocycles. The molecule has 3 N–H and O–H groups in total. The van der Waals surface area contributed by atoms with Crippen LogP contribution in [0, 0.1) is 0 Å². The van der Waals surface area contributed by atoms with E-state index in [0.29, 0.717) is 0 Å². The van der Waals surface area contributed by atoms with Crippen LogP contribution in [0.2, 0.25) is 0 Å². The van der Waals surface area contributed by atoms with Crippen molar-refractivity contribution >= 4 is 21.4 Å². The first-order valence-corrected chi connectivity index (χ1v) is 6.65. The molecule has 0 aliphatic rings. The Morgan fingerprint density at radius 2 is 2.11 bits per heavy atom. The summed E-state index contributed by atoms with van der Waals surface area (Å²) in [4.78, 5) is 1.23. The largest absolute Gasteiger partial charge is 0.469 e. The predicted molar refractivity (Wildman–Crippen MR) is 74.3 cm³/mol. The quantitative estimate of drug-likeness (QED) is 0.558. The molecule has 3 nitrogen and oxygen atoms in total. The molecule has 3 rings (SSSR count). The van der Waals surface area contributed by atoms with Gasteiger partial charge in [-0.3, -0.25) is 11.3 Å². The van der Waals surface area contributed by atoms with Gasteiger partial charge in [-0.05, 0) is 29.7 Å². The molecule has 92 valence electrons. The van der Waals surface area contributed by atoms with Gasteiger partial charge in [0.1, 0.15) is 5.76 Å². The lowest BCUT2D eigenvalue weighted by atomic mass is 10.1. The van der Waals surface area contributed by atoms with Crippen molar-refractivity contribution in [3.05, 3.63) is 59.4 Å². The molecule has 0 aliphatic carbocycles. The SMILES string of the molecule is NNC(Cc1ccco1)c1cc2ccccc2s1. The van der Waals surface area contributed by atoms with Crippen molar-refractivity contribution in [1.29, 1.82) is 0 Å². The number of hydrogen-bond donors (Lipinski definition) is 2. The molecule has 1 unspecified atom stereocenters. The van der Waals surface area contributed by atoms with Gasteiger partial charge in [0.05, 0.1) is 12.3 Å². The van der Waals surface area contributed by atoms with Crippen LogP contribution in [-0.4, -0.2) is 0 Å². The van der Waals surface area contributed by atoms with E-state index < -0.39 is 0 Å². The summed E-state index contributed by atoms with van der Waals surface area (Å²) in [6.45, 7) is 0. The minimum absolute atomic E-state index is 0.0912. The molecule has 0 amide bonds. The number of nitrogens with one attached hydrogen (secondary N) is 1. The Morgan fingerprint density at radius 1 is 1.22 bits per heavy atom. The van der Waals surface area contributed by atoms with Crippen LogP contribution in [0.15, 0.2) is 53.1 Å². The second-order valence-electron chi connectivity index (χ2n) is 4.19. The number of nitrogens with two attached hydrogens (primary N) is 1. The van der Waals surface area contributed by atoms with Crippen molar-refractivity contribution in [2.24, 2.45) is 5.84 Å². The first-order valence-electron chi connectivity index (χ1n) is 5.84. The summed E-state index contributed by atoms with van der Waals surface area (Å²) in [7, 11) is 0. The molecule has 1 aromatic carbocycles. The summed E-state index contributed by atoms with van der Waals surface area (Å²) < 4.78 is 6.65. The van der Waals surface area contributed by atoms with Gasteiger partial charge in [0.2, 0.25) is 0 Å². The van der Waals surface area contributed by atoms with Crippen LogP contribution in [0.25, 0.3) is 10.1 Å². The van der Waals surface area contributed by atoms with E-state index in [1.165, 1.54) is 15.0 Å². The van der Waals surface area contributed by atoms with Crippen LogP contribution < -0.4 is 11.3 Å².